The molecule has 2 heterocycles. The van der Waals surface area contributed by atoms with Gasteiger partial charge in [-0.15, -0.1) is 0 Å². The molecule has 0 spiro atoms. The second-order valence-corrected chi connectivity index (χ2v) is 5.56. The topological polar surface area (TPSA) is 21.7 Å². The molecule has 2 atom stereocenters. The summed E-state index contributed by atoms with van der Waals surface area (Å²) in [7, 11) is 0. The van der Waals surface area contributed by atoms with Crippen LogP contribution in [-0.4, -0.2) is 37.0 Å². The minimum Gasteiger partial charge on any atom is -0.353 e. The van der Waals surface area contributed by atoms with Crippen LogP contribution < -0.4 is 0 Å². The van der Waals surface area contributed by atoms with Crippen molar-refractivity contribution in [2.45, 2.75) is 44.6 Å². The summed E-state index contributed by atoms with van der Waals surface area (Å²) in [5.41, 5.74) is 1.39. The summed E-state index contributed by atoms with van der Waals surface area (Å²) in [4.78, 5) is 2.48. The molecule has 0 amide bonds. The van der Waals surface area contributed by atoms with E-state index < -0.39 is 0 Å². The monoisotopic (exact) mass is 261 g/mol. The fourth-order valence-corrected chi connectivity index (χ4v) is 2.93. The van der Waals surface area contributed by atoms with Gasteiger partial charge in [-0.05, 0) is 31.2 Å². The fraction of sp³-hybridized carbons (Fsp3) is 0.625. The number of benzene rings is 1. The van der Waals surface area contributed by atoms with Gasteiger partial charge in [0, 0.05) is 26.2 Å². The largest absolute Gasteiger partial charge is 0.353 e. The van der Waals surface area contributed by atoms with Crippen LogP contribution in [-0.2, 0) is 16.0 Å². The van der Waals surface area contributed by atoms with Crippen LogP contribution in [0.1, 0.15) is 31.2 Å². The number of nitrogens with zero attached hydrogens (tertiary/aromatic N) is 1. The molecule has 3 nitrogen and oxygen atoms in total. The van der Waals surface area contributed by atoms with E-state index in [2.05, 4.69) is 35.2 Å². The molecule has 0 N–H and O–H groups in total. The van der Waals surface area contributed by atoms with E-state index in [-0.39, 0.29) is 6.29 Å². The van der Waals surface area contributed by atoms with Gasteiger partial charge in [0.1, 0.15) is 0 Å². The first kappa shape index (κ1) is 13.1. The highest BCUT2D eigenvalue weighted by Crippen LogP contribution is 2.21. The van der Waals surface area contributed by atoms with Crippen molar-refractivity contribution in [3.8, 4) is 0 Å². The molecule has 19 heavy (non-hydrogen) atoms. The fourth-order valence-electron chi connectivity index (χ4n) is 2.93. The lowest BCUT2D eigenvalue weighted by Gasteiger charge is -2.26. The second kappa shape index (κ2) is 6.51. The summed E-state index contributed by atoms with van der Waals surface area (Å²) in [6.45, 7) is 4.07. The maximum absolute atomic E-state index is 6.06. The van der Waals surface area contributed by atoms with Crippen LogP contribution in [0.5, 0.6) is 0 Å². The smallest absolute Gasteiger partial charge is 0.158 e. The summed E-state index contributed by atoms with van der Waals surface area (Å²) in [5.74, 6) is 0. The highest BCUT2D eigenvalue weighted by Gasteiger charge is 2.26. The Morgan fingerprint density at radius 3 is 2.84 bits per heavy atom. The number of likely N-dealkylation sites (tertiary alicyclic amines) is 1. The van der Waals surface area contributed by atoms with E-state index in [1.165, 1.54) is 18.4 Å². The lowest BCUT2D eigenvalue weighted by Crippen LogP contribution is -2.30. The summed E-state index contributed by atoms with van der Waals surface area (Å²) in [6.07, 6.45) is 5.03. The van der Waals surface area contributed by atoms with Crippen molar-refractivity contribution in [2.75, 3.05) is 19.7 Å². The Labute approximate surface area is 115 Å². The highest BCUT2D eigenvalue weighted by molar-refractivity contribution is 5.14. The average molecular weight is 261 g/mol. The maximum Gasteiger partial charge on any atom is 0.158 e. The predicted octanol–water partition coefficient (Wildman–Crippen LogP) is 2.80. The van der Waals surface area contributed by atoms with Crippen LogP contribution in [0.25, 0.3) is 0 Å². The minimum absolute atomic E-state index is 0.0513. The Morgan fingerprint density at radius 2 is 2.05 bits per heavy atom. The highest BCUT2D eigenvalue weighted by atomic mass is 16.7. The SMILES string of the molecule is c1ccc(CN2CC[C@@H](OC3CCCCO3)C2)cc1. The molecule has 0 radical (unpaired) electrons. The van der Waals surface area contributed by atoms with Gasteiger partial charge in [-0.25, -0.2) is 0 Å². The summed E-state index contributed by atoms with van der Waals surface area (Å²) >= 11 is 0. The molecular formula is C16H23NO2. The van der Waals surface area contributed by atoms with Crippen molar-refractivity contribution >= 4 is 0 Å². The summed E-state index contributed by atoms with van der Waals surface area (Å²) in [6, 6.07) is 10.7. The first-order chi connectivity index (χ1) is 9.40. The first-order valence-electron chi connectivity index (χ1n) is 7.43. The van der Waals surface area contributed by atoms with E-state index >= 15 is 0 Å². The Bertz CT molecular complexity index is 376. The molecule has 2 aliphatic heterocycles. The average Bonchev–Trinajstić information content (AvgIpc) is 2.88. The number of ether oxygens (including phenoxy) is 2. The van der Waals surface area contributed by atoms with Crippen LogP contribution in [0.2, 0.25) is 0 Å². The van der Waals surface area contributed by atoms with Crippen molar-refractivity contribution in [3.05, 3.63) is 35.9 Å². The Hall–Kier alpha value is -0.900. The molecule has 2 aliphatic rings. The van der Waals surface area contributed by atoms with E-state index in [9.17, 15) is 0 Å². The van der Waals surface area contributed by atoms with Gasteiger partial charge in [0.2, 0.25) is 0 Å². The Kier molecular flexibility index (Phi) is 4.49. The zero-order chi connectivity index (χ0) is 12.9. The molecule has 1 unspecified atom stereocenters. The molecular weight excluding hydrogens is 238 g/mol. The lowest BCUT2D eigenvalue weighted by molar-refractivity contribution is -0.185. The molecule has 2 fully saturated rings. The van der Waals surface area contributed by atoms with Gasteiger partial charge in [-0.1, -0.05) is 30.3 Å². The van der Waals surface area contributed by atoms with E-state index in [1.807, 2.05) is 0 Å². The number of hydrogen-bond acceptors (Lipinski definition) is 3. The van der Waals surface area contributed by atoms with Gasteiger partial charge < -0.3 is 9.47 Å². The molecule has 1 aromatic rings. The third-order valence-corrected chi connectivity index (χ3v) is 3.96. The van der Waals surface area contributed by atoms with E-state index in [1.54, 1.807) is 0 Å². The van der Waals surface area contributed by atoms with Gasteiger partial charge in [-0.2, -0.15) is 0 Å². The summed E-state index contributed by atoms with van der Waals surface area (Å²) in [5, 5.41) is 0. The van der Waals surface area contributed by atoms with Crippen LogP contribution >= 0.6 is 0 Å². The lowest BCUT2D eigenvalue weighted by atomic mass is 10.2. The van der Waals surface area contributed by atoms with Gasteiger partial charge >= 0.3 is 0 Å². The molecule has 104 valence electrons. The van der Waals surface area contributed by atoms with E-state index in [0.717, 1.165) is 39.1 Å². The van der Waals surface area contributed by atoms with Gasteiger partial charge in [0.25, 0.3) is 0 Å². The van der Waals surface area contributed by atoms with Crippen molar-refractivity contribution in [3.63, 3.8) is 0 Å². The standard InChI is InChI=1S/C16H23NO2/c1-2-6-14(7-3-1)12-17-10-9-15(13-17)19-16-8-4-5-11-18-16/h1-3,6-7,15-16H,4-5,8-13H2/t15-,16?/m1/s1. The molecule has 3 heteroatoms. The van der Waals surface area contributed by atoms with Crippen molar-refractivity contribution in [2.24, 2.45) is 0 Å². The van der Waals surface area contributed by atoms with Gasteiger partial charge in [0.05, 0.1) is 6.10 Å². The maximum atomic E-state index is 6.06. The van der Waals surface area contributed by atoms with Crippen LogP contribution in [0.15, 0.2) is 30.3 Å². The third-order valence-electron chi connectivity index (χ3n) is 3.96. The normalized spacial score (nSPS) is 28.6. The molecule has 2 saturated heterocycles. The Morgan fingerprint density at radius 1 is 1.16 bits per heavy atom. The van der Waals surface area contributed by atoms with Crippen LogP contribution in [0, 0.1) is 0 Å². The minimum atomic E-state index is 0.0513. The van der Waals surface area contributed by atoms with Crippen LogP contribution in [0.3, 0.4) is 0 Å². The van der Waals surface area contributed by atoms with E-state index in [0.29, 0.717) is 6.10 Å². The van der Waals surface area contributed by atoms with Crippen molar-refractivity contribution in [1.82, 2.24) is 4.90 Å². The quantitative estimate of drug-likeness (QED) is 0.832. The molecule has 3 rings (SSSR count). The predicted molar refractivity (Wildman–Crippen MR) is 74.8 cm³/mol. The first-order valence-corrected chi connectivity index (χ1v) is 7.43. The number of hydrogen-bond donors (Lipinski definition) is 0. The van der Waals surface area contributed by atoms with Crippen molar-refractivity contribution in [1.29, 1.82) is 0 Å². The summed E-state index contributed by atoms with van der Waals surface area (Å²) < 4.78 is 11.7. The molecule has 0 aromatic heterocycles. The zero-order valence-electron chi connectivity index (χ0n) is 11.5. The molecule has 0 saturated carbocycles. The zero-order valence-corrected chi connectivity index (χ0v) is 11.5. The van der Waals surface area contributed by atoms with Gasteiger partial charge in [0.15, 0.2) is 6.29 Å². The van der Waals surface area contributed by atoms with E-state index in [4.69, 9.17) is 9.47 Å². The number of rotatable bonds is 4. The molecule has 0 bridgehead atoms. The molecule has 0 aliphatic carbocycles. The van der Waals surface area contributed by atoms with Crippen LogP contribution in [0.4, 0.5) is 0 Å². The van der Waals surface area contributed by atoms with Gasteiger partial charge in [-0.3, -0.25) is 4.90 Å². The Balaban J connectivity index is 1.44. The van der Waals surface area contributed by atoms with Crippen molar-refractivity contribution < 1.29 is 9.47 Å². The second-order valence-electron chi connectivity index (χ2n) is 5.56. The third kappa shape index (κ3) is 3.78. The molecule has 1 aromatic carbocycles.